The van der Waals surface area contributed by atoms with Crippen molar-refractivity contribution in [3.05, 3.63) is 24.3 Å². The highest BCUT2D eigenvalue weighted by Gasteiger charge is 2.52. The Hall–Kier alpha value is -1.75. The largest absolute Gasteiger partial charge is 0.497 e. The third kappa shape index (κ3) is 3.74. The molecular formula is C24H36N3O2+. The first-order chi connectivity index (χ1) is 14.0. The first-order valence-corrected chi connectivity index (χ1v) is 11.6. The maximum absolute atomic E-state index is 13.2. The number of nitrogens with one attached hydrogen (secondary N) is 2. The summed E-state index contributed by atoms with van der Waals surface area (Å²) in [7, 11) is 1.70. The number of amides is 1. The number of hydrogen-bond donors (Lipinski definition) is 2. The molecule has 1 amide bonds. The Balaban J connectivity index is 1.16. The third-order valence-electron chi connectivity index (χ3n) is 8.28. The van der Waals surface area contributed by atoms with Gasteiger partial charge in [0.15, 0.2) is 6.04 Å². The molecule has 0 spiro atoms. The van der Waals surface area contributed by atoms with Gasteiger partial charge in [0.1, 0.15) is 5.75 Å². The number of anilines is 1. The molecule has 1 aromatic rings. The molecule has 29 heavy (non-hydrogen) atoms. The van der Waals surface area contributed by atoms with Crippen LogP contribution in [0.3, 0.4) is 0 Å². The van der Waals surface area contributed by atoms with Gasteiger partial charge in [0, 0.05) is 11.2 Å². The number of benzene rings is 1. The molecule has 1 aliphatic heterocycles. The maximum atomic E-state index is 13.2. The summed E-state index contributed by atoms with van der Waals surface area (Å²) in [6, 6.07) is 8.35. The number of nitrogens with zero attached hydrogens (tertiary/aromatic N) is 1. The van der Waals surface area contributed by atoms with Crippen LogP contribution in [0.4, 0.5) is 5.69 Å². The van der Waals surface area contributed by atoms with Crippen LogP contribution in [-0.2, 0) is 4.79 Å². The lowest BCUT2D eigenvalue weighted by Crippen LogP contribution is -3.19. The van der Waals surface area contributed by atoms with E-state index in [4.69, 9.17) is 4.74 Å². The molecule has 6 rings (SSSR count). The number of hydrogen-bond acceptors (Lipinski definition) is 3. The zero-order chi connectivity index (χ0) is 20.0. The van der Waals surface area contributed by atoms with E-state index in [1.807, 2.05) is 12.1 Å². The van der Waals surface area contributed by atoms with Gasteiger partial charge in [-0.05, 0) is 87.5 Å². The highest BCUT2D eigenvalue weighted by Crippen LogP contribution is 2.55. The Kier molecular flexibility index (Phi) is 4.97. The molecule has 0 aromatic heterocycles. The van der Waals surface area contributed by atoms with E-state index < -0.39 is 0 Å². The van der Waals surface area contributed by atoms with Crippen LogP contribution in [-0.4, -0.2) is 50.8 Å². The molecule has 158 valence electrons. The summed E-state index contributed by atoms with van der Waals surface area (Å²) in [6.07, 6.45) is 7.96. The number of ether oxygens (including phenoxy) is 1. The van der Waals surface area contributed by atoms with Crippen molar-refractivity contribution in [3.63, 3.8) is 0 Å². The van der Waals surface area contributed by atoms with Gasteiger partial charge >= 0.3 is 0 Å². The summed E-state index contributed by atoms with van der Waals surface area (Å²) >= 11 is 0. The molecule has 1 aromatic carbocycles. The molecule has 1 heterocycles. The van der Waals surface area contributed by atoms with Crippen molar-refractivity contribution in [2.75, 3.05) is 38.2 Å². The van der Waals surface area contributed by atoms with Crippen LogP contribution in [0, 0.1) is 17.8 Å². The Morgan fingerprint density at radius 2 is 1.62 bits per heavy atom. The van der Waals surface area contributed by atoms with Gasteiger partial charge in [-0.25, -0.2) is 0 Å². The average Bonchev–Trinajstić information content (AvgIpc) is 2.72. The molecule has 1 atom stereocenters. The van der Waals surface area contributed by atoms with Gasteiger partial charge in [0.25, 0.3) is 5.91 Å². The average molecular weight is 399 g/mol. The molecule has 5 heteroatoms. The minimum absolute atomic E-state index is 0.0426. The van der Waals surface area contributed by atoms with Crippen LogP contribution >= 0.6 is 0 Å². The van der Waals surface area contributed by atoms with Crippen LogP contribution in [0.5, 0.6) is 5.75 Å². The van der Waals surface area contributed by atoms with Crippen molar-refractivity contribution >= 4 is 11.6 Å². The van der Waals surface area contributed by atoms with E-state index in [2.05, 4.69) is 29.3 Å². The maximum Gasteiger partial charge on any atom is 0.278 e. The molecular weight excluding hydrogens is 362 g/mol. The molecule has 5 fully saturated rings. The van der Waals surface area contributed by atoms with E-state index in [0.29, 0.717) is 5.91 Å². The van der Waals surface area contributed by atoms with E-state index in [-0.39, 0.29) is 11.6 Å². The number of rotatable bonds is 5. The van der Waals surface area contributed by atoms with Gasteiger partial charge in [0.2, 0.25) is 0 Å². The van der Waals surface area contributed by atoms with E-state index in [9.17, 15) is 4.79 Å². The van der Waals surface area contributed by atoms with Crippen LogP contribution in [0.2, 0.25) is 0 Å². The van der Waals surface area contributed by atoms with Crippen LogP contribution in [0.1, 0.15) is 45.4 Å². The lowest BCUT2D eigenvalue weighted by atomic mass is 9.53. The predicted octanol–water partition coefficient (Wildman–Crippen LogP) is 1.87. The topological polar surface area (TPSA) is 46.0 Å². The predicted molar refractivity (Wildman–Crippen MR) is 114 cm³/mol. The molecule has 1 saturated heterocycles. The third-order valence-corrected chi connectivity index (χ3v) is 8.28. The number of carbonyl (C=O) groups excluding carboxylic acids is 1. The van der Waals surface area contributed by atoms with Crippen molar-refractivity contribution in [2.45, 2.75) is 57.0 Å². The lowest BCUT2D eigenvalue weighted by molar-refractivity contribution is -0.914. The van der Waals surface area contributed by atoms with Crippen molar-refractivity contribution < 1.29 is 14.4 Å². The fourth-order valence-electron chi connectivity index (χ4n) is 7.10. The molecule has 2 N–H and O–H groups in total. The quantitative estimate of drug-likeness (QED) is 0.796. The highest BCUT2D eigenvalue weighted by atomic mass is 16.5. The van der Waals surface area contributed by atoms with Gasteiger partial charge in [0.05, 0.1) is 33.3 Å². The molecule has 4 aliphatic carbocycles. The van der Waals surface area contributed by atoms with Crippen molar-refractivity contribution in [2.24, 2.45) is 17.8 Å². The summed E-state index contributed by atoms with van der Waals surface area (Å²) in [5, 5.41) is 3.59. The van der Waals surface area contributed by atoms with E-state index in [1.165, 1.54) is 49.1 Å². The summed E-state index contributed by atoms with van der Waals surface area (Å²) in [5.41, 5.74) is 1.38. The Morgan fingerprint density at radius 3 is 2.14 bits per heavy atom. The van der Waals surface area contributed by atoms with Gasteiger partial charge in [-0.1, -0.05) is 0 Å². The molecule has 5 nitrogen and oxygen atoms in total. The number of carbonyl (C=O) groups is 1. The van der Waals surface area contributed by atoms with E-state index in [0.717, 1.165) is 49.7 Å². The number of quaternary nitrogens is 1. The second-order valence-electron chi connectivity index (χ2n) is 10.3. The van der Waals surface area contributed by atoms with Crippen LogP contribution < -0.4 is 19.9 Å². The fourth-order valence-corrected chi connectivity index (χ4v) is 7.10. The Labute approximate surface area is 174 Å². The summed E-state index contributed by atoms with van der Waals surface area (Å²) in [5.74, 6) is 3.81. The highest BCUT2D eigenvalue weighted by molar-refractivity contribution is 5.80. The summed E-state index contributed by atoms with van der Waals surface area (Å²) in [6.45, 7) is 6.16. The van der Waals surface area contributed by atoms with E-state index >= 15 is 0 Å². The second-order valence-corrected chi connectivity index (χ2v) is 10.3. The first kappa shape index (κ1) is 19.2. The van der Waals surface area contributed by atoms with Gasteiger partial charge < -0.3 is 19.9 Å². The summed E-state index contributed by atoms with van der Waals surface area (Å²) < 4.78 is 5.26. The van der Waals surface area contributed by atoms with E-state index in [1.54, 1.807) is 7.11 Å². The normalized spacial score (nSPS) is 34.8. The minimum Gasteiger partial charge on any atom is -0.497 e. The smallest absolute Gasteiger partial charge is 0.278 e. The monoisotopic (exact) mass is 398 g/mol. The fraction of sp³-hybridized carbons (Fsp3) is 0.708. The van der Waals surface area contributed by atoms with Gasteiger partial charge in [-0.3, -0.25) is 4.79 Å². The van der Waals surface area contributed by atoms with Crippen molar-refractivity contribution in [1.82, 2.24) is 5.32 Å². The first-order valence-electron chi connectivity index (χ1n) is 11.6. The molecule has 0 unspecified atom stereocenters. The Morgan fingerprint density at radius 1 is 1.07 bits per heavy atom. The SMILES string of the molecule is COc1ccc(N2CC[NH+]([C@@H](C)C(=O)NC34CC5CC(CC(C5)C3)C4)CC2)cc1. The number of methoxy groups -OCH3 is 1. The van der Waals surface area contributed by atoms with Gasteiger partial charge in [-0.2, -0.15) is 0 Å². The van der Waals surface area contributed by atoms with Crippen LogP contribution in [0.15, 0.2) is 24.3 Å². The zero-order valence-electron chi connectivity index (χ0n) is 18.0. The standard InChI is InChI=1S/C24H35N3O2/c1-17(23(28)25-24-14-18-11-19(15-24)13-20(12-18)16-24)26-7-9-27(10-8-26)21-3-5-22(29-2)6-4-21/h3-6,17-20H,7-16H2,1-2H3,(H,25,28)/p+1/t17-,18?,19?,20?,24?/m0/s1. The minimum atomic E-state index is 0.0426. The molecule has 4 bridgehead atoms. The molecule has 5 aliphatic rings. The molecule has 4 saturated carbocycles. The molecule has 0 radical (unpaired) electrons. The van der Waals surface area contributed by atoms with Crippen LogP contribution in [0.25, 0.3) is 0 Å². The Bertz CT molecular complexity index is 704. The van der Waals surface area contributed by atoms with Crippen molar-refractivity contribution in [1.29, 1.82) is 0 Å². The van der Waals surface area contributed by atoms with Gasteiger partial charge in [-0.15, -0.1) is 0 Å². The number of piperazine rings is 1. The second kappa shape index (κ2) is 7.50. The van der Waals surface area contributed by atoms with Crippen molar-refractivity contribution in [3.8, 4) is 5.75 Å². The summed E-state index contributed by atoms with van der Waals surface area (Å²) in [4.78, 5) is 17.0. The lowest BCUT2D eigenvalue weighted by Gasteiger charge is -2.57. The zero-order valence-corrected chi connectivity index (χ0v) is 18.0.